The molecule has 4 rings (SSSR count). The third kappa shape index (κ3) is 2.95. The lowest BCUT2D eigenvalue weighted by Crippen LogP contribution is -2.49. The molecule has 2 N–H and O–H groups in total. The number of hydrogen-bond donors (Lipinski definition) is 2. The van der Waals surface area contributed by atoms with Gasteiger partial charge in [0.2, 0.25) is 0 Å². The van der Waals surface area contributed by atoms with Gasteiger partial charge in [0.1, 0.15) is 34.3 Å². The Hall–Kier alpha value is -3.13. The van der Waals surface area contributed by atoms with Crippen molar-refractivity contribution < 1.29 is 13.6 Å². The molecular weight excluding hydrogens is 364 g/mol. The van der Waals surface area contributed by atoms with Crippen LogP contribution < -0.4 is 27.1 Å². The lowest BCUT2D eigenvalue weighted by Gasteiger charge is -2.44. The summed E-state index contributed by atoms with van der Waals surface area (Å²) in [5.74, 6) is 1.84. The molecule has 0 spiro atoms. The van der Waals surface area contributed by atoms with Gasteiger partial charge in [0, 0.05) is 5.41 Å². The van der Waals surface area contributed by atoms with Crippen molar-refractivity contribution in [1.82, 2.24) is 0 Å². The van der Waals surface area contributed by atoms with E-state index in [1.807, 2.05) is 26.0 Å². The molecular formula is C20H20N2O6. The second kappa shape index (κ2) is 6.49. The number of hydrogen-bond acceptors (Lipinski definition) is 8. The minimum atomic E-state index is -0.688. The molecule has 1 fully saturated rings. The normalized spacial score (nSPS) is 16.5. The molecule has 1 aliphatic heterocycles. The fraction of sp³-hybridized carbons (Fsp3) is 0.350. The van der Waals surface area contributed by atoms with E-state index in [9.17, 15) is 14.4 Å². The van der Waals surface area contributed by atoms with Crippen LogP contribution in [0.2, 0.25) is 0 Å². The lowest BCUT2D eigenvalue weighted by molar-refractivity contribution is -0.115. The summed E-state index contributed by atoms with van der Waals surface area (Å²) in [5.41, 5.74) is -2.00. The maximum Gasteiger partial charge on any atom is 0.359 e. The molecule has 146 valence electrons. The maximum absolute atomic E-state index is 12.2. The SMILES string of the molecule is Cc1ccc(C(Nc2c(Nc3ccc(C)oc3=O)c(=O)c2=O)C2(C)COC2)o1. The molecule has 0 amide bonds. The Balaban J connectivity index is 1.67. The molecule has 8 nitrogen and oxygen atoms in total. The number of furan rings is 1. The summed E-state index contributed by atoms with van der Waals surface area (Å²) in [4.78, 5) is 36.3. The quantitative estimate of drug-likeness (QED) is 0.623. The second-order valence-corrected chi connectivity index (χ2v) is 7.45. The summed E-state index contributed by atoms with van der Waals surface area (Å²) in [5, 5.41) is 5.88. The van der Waals surface area contributed by atoms with Gasteiger partial charge in [0.15, 0.2) is 0 Å². The van der Waals surface area contributed by atoms with Crippen molar-refractivity contribution in [3.8, 4) is 0 Å². The van der Waals surface area contributed by atoms with Crippen molar-refractivity contribution in [2.24, 2.45) is 5.41 Å². The minimum absolute atomic E-state index is 0.0401. The topological polar surface area (TPSA) is 111 Å². The molecule has 28 heavy (non-hydrogen) atoms. The summed E-state index contributed by atoms with van der Waals surface area (Å²) in [6, 6.07) is 6.42. The first-order valence-electron chi connectivity index (χ1n) is 8.90. The van der Waals surface area contributed by atoms with Crippen LogP contribution in [-0.2, 0) is 4.74 Å². The third-order valence-corrected chi connectivity index (χ3v) is 5.02. The predicted octanol–water partition coefficient (Wildman–Crippen LogP) is 2.38. The molecule has 3 heterocycles. The number of anilines is 3. The molecule has 1 saturated heterocycles. The molecule has 1 atom stereocenters. The van der Waals surface area contributed by atoms with Crippen molar-refractivity contribution in [2.75, 3.05) is 23.8 Å². The van der Waals surface area contributed by atoms with Crippen LogP contribution in [0.15, 0.2) is 47.5 Å². The Bertz CT molecular complexity index is 1160. The smallest absolute Gasteiger partial charge is 0.359 e. The molecule has 0 saturated carbocycles. The predicted molar refractivity (Wildman–Crippen MR) is 103 cm³/mol. The summed E-state index contributed by atoms with van der Waals surface area (Å²) in [6.07, 6.45) is 0. The van der Waals surface area contributed by atoms with Gasteiger partial charge in [-0.15, -0.1) is 0 Å². The fourth-order valence-electron chi connectivity index (χ4n) is 3.31. The van der Waals surface area contributed by atoms with Crippen molar-refractivity contribution in [1.29, 1.82) is 0 Å². The van der Waals surface area contributed by atoms with Crippen LogP contribution in [0.25, 0.3) is 0 Å². The molecule has 1 unspecified atom stereocenters. The average Bonchev–Trinajstić information content (AvgIpc) is 3.06. The summed E-state index contributed by atoms with van der Waals surface area (Å²) in [6.45, 7) is 6.47. The molecule has 2 aromatic heterocycles. The third-order valence-electron chi connectivity index (χ3n) is 5.02. The molecule has 3 aromatic rings. The first kappa shape index (κ1) is 18.2. The van der Waals surface area contributed by atoms with Crippen LogP contribution in [0.4, 0.5) is 17.1 Å². The van der Waals surface area contributed by atoms with E-state index >= 15 is 0 Å². The Kier molecular flexibility index (Phi) is 4.23. The van der Waals surface area contributed by atoms with Gasteiger partial charge in [-0.2, -0.15) is 0 Å². The van der Waals surface area contributed by atoms with Gasteiger partial charge in [-0.25, -0.2) is 4.79 Å². The molecule has 1 aliphatic rings. The van der Waals surface area contributed by atoms with E-state index in [4.69, 9.17) is 13.6 Å². The van der Waals surface area contributed by atoms with E-state index in [2.05, 4.69) is 10.6 Å². The zero-order valence-corrected chi connectivity index (χ0v) is 15.8. The number of aryl methyl sites for hydroxylation is 2. The van der Waals surface area contributed by atoms with Gasteiger partial charge in [-0.1, -0.05) is 6.92 Å². The van der Waals surface area contributed by atoms with Crippen LogP contribution in [0, 0.1) is 19.3 Å². The van der Waals surface area contributed by atoms with E-state index in [0.29, 0.717) is 24.7 Å². The highest BCUT2D eigenvalue weighted by atomic mass is 16.5. The zero-order valence-electron chi connectivity index (χ0n) is 15.8. The maximum atomic E-state index is 12.2. The van der Waals surface area contributed by atoms with E-state index in [1.54, 1.807) is 13.0 Å². The Morgan fingerprint density at radius 1 is 0.929 bits per heavy atom. The molecule has 1 aromatic carbocycles. The summed E-state index contributed by atoms with van der Waals surface area (Å²) in [7, 11) is 0. The fourth-order valence-corrected chi connectivity index (χ4v) is 3.31. The van der Waals surface area contributed by atoms with Crippen molar-refractivity contribution >= 4 is 17.1 Å². The van der Waals surface area contributed by atoms with Gasteiger partial charge in [0.25, 0.3) is 10.9 Å². The largest absolute Gasteiger partial charge is 0.464 e. The highest BCUT2D eigenvalue weighted by molar-refractivity contribution is 5.78. The van der Waals surface area contributed by atoms with Gasteiger partial charge in [-0.3, -0.25) is 9.59 Å². The van der Waals surface area contributed by atoms with Gasteiger partial charge >= 0.3 is 5.63 Å². The average molecular weight is 384 g/mol. The second-order valence-electron chi connectivity index (χ2n) is 7.45. The van der Waals surface area contributed by atoms with Gasteiger partial charge in [0.05, 0.1) is 19.3 Å². The van der Waals surface area contributed by atoms with Crippen molar-refractivity contribution in [3.63, 3.8) is 0 Å². The molecule has 0 bridgehead atoms. The van der Waals surface area contributed by atoms with E-state index in [0.717, 1.165) is 5.76 Å². The van der Waals surface area contributed by atoms with Crippen LogP contribution in [0.5, 0.6) is 0 Å². The van der Waals surface area contributed by atoms with Gasteiger partial charge < -0.3 is 24.2 Å². The highest BCUT2D eigenvalue weighted by Gasteiger charge is 2.45. The standard InChI is InChI=1S/C20H20N2O6/c1-10-5-7-13(27-10)18(20(3)8-26-9-20)22-15-14(16(23)17(15)24)21-12-6-4-11(2)28-19(12)25/h4-7,18,21-22H,8-9H2,1-3H3. The number of ether oxygens (including phenoxy) is 1. The Labute approximate surface area is 159 Å². The van der Waals surface area contributed by atoms with Crippen LogP contribution in [0.3, 0.4) is 0 Å². The molecule has 0 aliphatic carbocycles. The minimum Gasteiger partial charge on any atom is -0.464 e. The lowest BCUT2D eigenvalue weighted by atomic mass is 9.79. The van der Waals surface area contributed by atoms with Gasteiger partial charge in [-0.05, 0) is 38.1 Å². The number of nitrogens with one attached hydrogen (secondary N) is 2. The highest BCUT2D eigenvalue weighted by Crippen LogP contribution is 2.43. The van der Waals surface area contributed by atoms with Crippen LogP contribution in [-0.4, -0.2) is 13.2 Å². The van der Waals surface area contributed by atoms with E-state index in [1.165, 1.54) is 6.07 Å². The van der Waals surface area contributed by atoms with E-state index < -0.39 is 16.5 Å². The van der Waals surface area contributed by atoms with E-state index in [-0.39, 0.29) is 28.5 Å². The Morgan fingerprint density at radius 3 is 2.14 bits per heavy atom. The van der Waals surface area contributed by atoms with Crippen LogP contribution in [0.1, 0.15) is 30.2 Å². The van der Waals surface area contributed by atoms with Crippen molar-refractivity contribution in [2.45, 2.75) is 26.8 Å². The molecule has 0 radical (unpaired) electrons. The van der Waals surface area contributed by atoms with Crippen LogP contribution >= 0.6 is 0 Å². The first-order valence-corrected chi connectivity index (χ1v) is 8.90. The number of rotatable bonds is 6. The zero-order chi connectivity index (χ0) is 20.1. The molecule has 8 heteroatoms. The Morgan fingerprint density at radius 2 is 1.57 bits per heavy atom. The first-order chi connectivity index (χ1) is 13.3. The summed E-state index contributed by atoms with van der Waals surface area (Å²) >= 11 is 0. The van der Waals surface area contributed by atoms with Crippen molar-refractivity contribution in [3.05, 3.63) is 72.4 Å². The monoisotopic (exact) mass is 384 g/mol. The summed E-state index contributed by atoms with van der Waals surface area (Å²) < 4.78 is 16.1.